The lowest BCUT2D eigenvalue weighted by Gasteiger charge is -2.03. The number of Topliss-reactive ketones (excluding diaryl/α,β-unsaturated/α-hetero) is 1. The zero-order valence-corrected chi connectivity index (χ0v) is 9.06. The van der Waals surface area contributed by atoms with Crippen molar-refractivity contribution in [3.63, 3.8) is 0 Å². The van der Waals surface area contributed by atoms with Gasteiger partial charge in [-0.2, -0.15) is 0 Å². The molecule has 1 aliphatic rings. The van der Waals surface area contributed by atoms with Gasteiger partial charge in [-0.05, 0) is 24.5 Å². The molecule has 0 aromatic heterocycles. The second-order valence-corrected chi connectivity index (χ2v) is 4.38. The number of carbonyl (C=O) groups is 1. The van der Waals surface area contributed by atoms with Crippen molar-refractivity contribution in [3.8, 4) is 0 Å². The predicted molar refractivity (Wildman–Crippen MR) is 57.7 cm³/mol. The molecule has 0 amide bonds. The van der Waals surface area contributed by atoms with Crippen LogP contribution in [0.4, 0.5) is 4.39 Å². The van der Waals surface area contributed by atoms with Crippen LogP contribution < -0.4 is 0 Å². The van der Waals surface area contributed by atoms with Crippen molar-refractivity contribution < 1.29 is 9.18 Å². The maximum absolute atomic E-state index is 13.1. The lowest BCUT2D eigenvalue weighted by atomic mass is 10.0. The Bertz CT molecular complexity index is 385. The standard InChI is InChI=1S/C12H12ClFO/c13-12-9(2-1-3-10(12)14)11(15)7-6-8-4-5-8/h1-3,8H,4-7H2. The number of hydrogen-bond donors (Lipinski definition) is 0. The third kappa shape index (κ3) is 2.57. The fourth-order valence-electron chi connectivity index (χ4n) is 1.60. The minimum Gasteiger partial charge on any atom is -0.294 e. The van der Waals surface area contributed by atoms with E-state index in [1.807, 2.05) is 0 Å². The van der Waals surface area contributed by atoms with E-state index in [0.717, 1.165) is 6.42 Å². The molecule has 1 aliphatic carbocycles. The summed E-state index contributed by atoms with van der Waals surface area (Å²) >= 11 is 5.72. The molecule has 1 aromatic rings. The molecule has 0 atom stereocenters. The van der Waals surface area contributed by atoms with Gasteiger partial charge in [-0.15, -0.1) is 0 Å². The molecule has 1 saturated carbocycles. The summed E-state index contributed by atoms with van der Waals surface area (Å²) in [6, 6.07) is 4.37. The number of carbonyl (C=O) groups excluding carboxylic acids is 1. The smallest absolute Gasteiger partial charge is 0.164 e. The van der Waals surface area contributed by atoms with Gasteiger partial charge in [0.2, 0.25) is 0 Å². The topological polar surface area (TPSA) is 17.1 Å². The van der Waals surface area contributed by atoms with Gasteiger partial charge in [-0.1, -0.05) is 30.5 Å². The Kier molecular flexibility index (Phi) is 3.06. The second kappa shape index (κ2) is 4.31. The molecule has 2 rings (SSSR count). The maximum Gasteiger partial charge on any atom is 0.164 e. The summed E-state index contributed by atoms with van der Waals surface area (Å²) in [6.45, 7) is 0. The molecular weight excluding hydrogens is 215 g/mol. The number of hydrogen-bond acceptors (Lipinski definition) is 1. The van der Waals surface area contributed by atoms with Crippen molar-refractivity contribution in [2.75, 3.05) is 0 Å². The van der Waals surface area contributed by atoms with E-state index in [0.29, 0.717) is 17.9 Å². The minimum atomic E-state index is -0.520. The predicted octanol–water partition coefficient (Wildman–Crippen LogP) is 3.85. The van der Waals surface area contributed by atoms with Crippen LogP contribution in [0.5, 0.6) is 0 Å². The molecule has 1 aromatic carbocycles. The van der Waals surface area contributed by atoms with Crippen LogP contribution in [-0.2, 0) is 0 Å². The van der Waals surface area contributed by atoms with Crippen LogP contribution in [0.3, 0.4) is 0 Å². The zero-order valence-electron chi connectivity index (χ0n) is 8.30. The molecule has 1 nitrogen and oxygen atoms in total. The highest BCUT2D eigenvalue weighted by Crippen LogP contribution is 2.34. The second-order valence-electron chi connectivity index (χ2n) is 4.01. The normalized spacial score (nSPS) is 15.3. The molecule has 80 valence electrons. The summed E-state index contributed by atoms with van der Waals surface area (Å²) in [5.74, 6) is 0.140. The maximum atomic E-state index is 13.1. The van der Waals surface area contributed by atoms with Gasteiger partial charge in [0.1, 0.15) is 5.82 Å². The average molecular weight is 227 g/mol. The van der Waals surface area contributed by atoms with Crippen LogP contribution in [0.15, 0.2) is 18.2 Å². The third-order valence-electron chi connectivity index (χ3n) is 2.73. The van der Waals surface area contributed by atoms with Crippen molar-refractivity contribution in [2.45, 2.75) is 25.7 Å². The number of ketones is 1. The highest BCUT2D eigenvalue weighted by atomic mass is 35.5. The van der Waals surface area contributed by atoms with E-state index in [4.69, 9.17) is 11.6 Å². The van der Waals surface area contributed by atoms with Gasteiger partial charge in [-0.3, -0.25) is 4.79 Å². The van der Waals surface area contributed by atoms with Crippen LogP contribution in [0.1, 0.15) is 36.0 Å². The molecule has 0 saturated heterocycles. The monoisotopic (exact) mass is 226 g/mol. The highest BCUT2D eigenvalue weighted by molar-refractivity contribution is 6.34. The fraction of sp³-hybridized carbons (Fsp3) is 0.417. The van der Waals surface area contributed by atoms with Crippen molar-refractivity contribution >= 4 is 17.4 Å². The molecule has 3 heteroatoms. The van der Waals surface area contributed by atoms with Crippen LogP contribution in [0.25, 0.3) is 0 Å². The van der Waals surface area contributed by atoms with E-state index in [-0.39, 0.29) is 10.8 Å². The summed E-state index contributed by atoms with van der Waals surface area (Å²) in [6.07, 6.45) is 3.84. The summed E-state index contributed by atoms with van der Waals surface area (Å²) in [5.41, 5.74) is 0.317. The van der Waals surface area contributed by atoms with Gasteiger partial charge >= 0.3 is 0 Å². The van der Waals surface area contributed by atoms with E-state index in [1.54, 1.807) is 6.07 Å². The van der Waals surface area contributed by atoms with E-state index in [2.05, 4.69) is 0 Å². The lowest BCUT2D eigenvalue weighted by molar-refractivity contribution is 0.0978. The molecule has 0 bridgehead atoms. The largest absolute Gasteiger partial charge is 0.294 e. The van der Waals surface area contributed by atoms with Crippen molar-refractivity contribution in [3.05, 3.63) is 34.6 Å². The molecule has 15 heavy (non-hydrogen) atoms. The molecule has 0 N–H and O–H groups in total. The van der Waals surface area contributed by atoms with Crippen LogP contribution in [0, 0.1) is 11.7 Å². The quantitative estimate of drug-likeness (QED) is 0.713. The van der Waals surface area contributed by atoms with E-state index in [1.165, 1.54) is 25.0 Å². The van der Waals surface area contributed by atoms with Crippen LogP contribution >= 0.6 is 11.6 Å². The Morgan fingerprint density at radius 3 is 2.87 bits per heavy atom. The third-order valence-corrected chi connectivity index (χ3v) is 3.11. The number of rotatable bonds is 4. The fourth-order valence-corrected chi connectivity index (χ4v) is 1.83. The molecule has 0 spiro atoms. The van der Waals surface area contributed by atoms with Crippen molar-refractivity contribution in [1.82, 2.24) is 0 Å². The van der Waals surface area contributed by atoms with E-state index < -0.39 is 5.82 Å². The Morgan fingerprint density at radius 1 is 1.47 bits per heavy atom. The Morgan fingerprint density at radius 2 is 2.20 bits per heavy atom. The van der Waals surface area contributed by atoms with Crippen LogP contribution in [-0.4, -0.2) is 5.78 Å². The summed E-state index contributed by atoms with van der Waals surface area (Å²) in [4.78, 5) is 11.7. The van der Waals surface area contributed by atoms with E-state index >= 15 is 0 Å². The molecule has 0 radical (unpaired) electrons. The minimum absolute atomic E-state index is 0.0432. The van der Waals surface area contributed by atoms with Gasteiger partial charge < -0.3 is 0 Å². The first-order chi connectivity index (χ1) is 7.18. The van der Waals surface area contributed by atoms with Gasteiger partial charge in [0.05, 0.1) is 5.02 Å². The van der Waals surface area contributed by atoms with Gasteiger partial charge in [0.25, 0.3) is 0 Å². The summed E-state index contributed by atoms with van der Waals surface area (Å²) in [7, 11) is 0. The molecular formula is C12H12ClFO. The van der Waals surface area contributed by atoms with Crippen molar-refractivity contribution in [1.29, 1.82) is 0 Å². The van der Waals surface area contributed by atoms with E-state index in [9.17, 15) is 9.18 Å². The van der Waals surface area contributed by atoms with Gasteiger partial charge in [-0.25, -0.2) is 4.39 Å². The summed E-state index contributed by atoms with van der Waals surface area (Å²) in [5, 5.41) is -0.0432. The van der Waals surface area contributed by atoms with Gasteiger partial charge in [0.15, 0.2) is 5.78 Å². The first-order valence-electron chi connectivity index (χ1n) is 5.15. The zero-order chi connectivity index (χ0) is 10.8. The van der Waals surface area contributed by atoms with Crippen LogP contribution in [0.2, 0.25) is 5.02 Å². The molecule has 0 aliphatic heterocycles. The molecule has 0 unspecified atom stereocenters. The van der Waals surface area contributed by atoms with Crippen molar-refractivity contribution in [2.24, 2.45) is 5.92 Å². The average Bonchev–Trinajstić information content (AvgIpc) is 3.02. The Hall–Kier alpha value is -0.890. The molecule has 1 fully saturated rings. The first-order valence-corrected chi connectivity index (χ1v) is 5.53. The summed E-state index contributed by atoms with van der Waals surface area (Å²) < 4.78 is 13.1. The Balaban J connectivity index is 2.06. The lowest BCUT2D eigenvalue weighted by Crippen LogP contribution is -2.01. The Labute approximate surface area is 93.2 Å². The van der Waals surface area contributed by atoms with Gasteiger partial charge in [0, 0.05) is 12.0 Å². The molecule has 0 heterocycles. The number of benzene rings is 1. The highest BCUT2D eigenvalue weighted by Gasteiger charge is 2.23. The first kappa shape index (κ1) is 10.6. The number of halogens is 2. The SMILES string of the molecule is O=C(CCC1CC1)c1cccc(F)c1Cl.